The van der Waals surface area contributed by atoms with Crippen LogP contribution in [0.5, 0.6) is 0 Å². The molecule has 1 N–H and O–H groups in total. The van der Waals surface area contributed by atoms with Crippen molar-refractivity contribution in [3.63, 3.8) is 0 Å². The largest absolute Gasteiger partial charge is 0.383 e. The normalized spacial score (nSPS) is 15.0. The third-order valence-corrected chi connectivity index (χ3v) is 5.93. The monoisotopic (exact) mass is 348 g/mol. The molecular formula is C17H20N2O4S. The first-order valence-electron chi connectivity index (χ1n) is 7.86. The van der Waals surface area contributed by atoms with Crippen molar-refractivity contribution in [3.8, 4) is 0 Å². The van der Waals surface area contributed by atoms with Gasteiger partial charge in [0.15, 0.2) is 0 Å². The highest BCUT2D eigenvalue weighted by atomic mass is 32.2. The molecule has 6 nitrogen and oxygen atoms in total. The Morgan fingerprint density at radius 3 is 2.71 bits per heavy atom. The van der Waals surface area contributed by atoms with E-state index in [0.717, 1.165) is 10.8 Å². The zero-order chi connectivity index (χ0) is 17.2. The van der Waals surface area contributed by atoms with Gasteiger partial charge in [-0.15, -0.1) is 0 Å². The Balaban J connectivity index is 1.72. The maximum atomic E-state index is 12.8. The zero-order valence-electron chi connectivity index (χ0n) is 13.5. The number of carbonyl (C=O) groups is 1. The molecule has 0 spiro atoms. The molecule has 3 rings (SSSR count). The fourth-order valence-electron chi connectivity index (χ4n) is 2.96. The molecule has 0 saturated heterocycles. The summed E-state index contributed by atoms with van der Waals surface area (Å²) in [7, 11) is -1.96. The van der Waals surface area contributed by atoms with Gasteiger partial charge < -0.3 is 10.1 Å². The van der Waals surface area contributed by atoms with Crippen molar-refractivity contribution in [1.82, 2.24) is 5.32 Å². The van der Waals surface area contributed by atoms with Crippen LogP contribution in [0.2, 0.25) is 0 Å². The number of hydrogen-bond donors (Lipinski definition) is 1. The van der Waals surface area contributed by atoms with E-state index in [1.54, 1.807) is 19.2 Å². The molecule has 0 bridgehead atoms. The van der Waals surface area contributed by atoms with Gasteiger partial charge in [-0.1, -0.05) is 24.3 Å². The lowest BCUT2D eigenvalue weighted by atomic mass is 10.1. The Morgan fingerprint density at radius 2 is 1.96 bits per heavy atom. The summed E-state index contributed by atoms with van der Waals surface area (Å²) in [5.74, 6) is -0.0978. The number of methoxy groups -OCH3 is 1. The Labute approximate surface area is 141 Å². The van der Waals surface area contributed by atoms with E-state index in [9.17, 15) is 13.2 Å². The molecule has 24 heavy (non-hydrogen) atoms. The molecule has 0 unspecified atom stereocenters. The summed E-state index contributed by atoms with van der Waals surface area (Å²) in [6.45, 7) is 1.21. The molecule has 128 valence electrons. The predicted octanol–water partition coefficient (Wildman–Crippen LogP) is 1.89. The van der Waals surface area contributed by atoms with Crippen LogP contribution in [0.3, 0.4) is 0 Å². The van der Waals surface area contributed by atoms with Crippen LogP contribution in [-0.2, 0) is 19.6 Å². The molecular weight excluding hydrogens is 328 g/mol. The Morgan fingerprint density at radius 1 is 1.21 bits per heavy atom. The average Bonchev–Trinajstić information content (AvgIpc) is 2.78. The van der Waals surface area contributed by atoms with Crippen LogP contribution in [0.25, 0.3) is 10.8 Å². The fraction of sp³-hybridized carbons (Fsp3) is 0.353. The molecule has 0 fully saturated rings. The highest BCUT2D eigenvalue weighted by molar-refractivity contribution is 7.93. The summed E-state index contributed by atoms with van der Waals surface area (Å²) in [4.78, 5) is 12.1. The van der Waals surface area contributed by atoms with Crippen molar-refractivity contribution in [3.05, 3.63) is 36.4 Å². The van der Waals surface area contributed by atoms with Crippen LogP contribution in [0, 0.1) is 0 Å². The molecule has 0 aromatic heterocycles. The van der Waals surface area contributed by atoms with E-state index in [4.69, 9.17) is 4.74 Å². The standard InChI is InChI=1S/C17H20N2O4S/c1-23-12-10-18-16(20)9-4-11-19-14-7-2-5-13-6-3-8-15(17(13)14)24(19,21)22/h2-3,5-8H,4,9-12H2,1H3,(H,18,20). The van der Waals surface area contributed by atoms with E-state index in [1.807, 2.05) is 24.3 Å². The Bertz CT molecular complexity index is 859. The van der Waals surface area contributed by atoms with Crippen LogP contribution >= 0.6 is 0 Å². The highest BCUT2D eigenvalue weighted by Crippen LogP contribution is 2.41. The third kappa shape index (κ3) is 2.97. The van der Waals surface area contributed by atoms with Gasteiger partial charge >= 0.3 is 0 Å². The van der Waals surface area contributed by atoms with Gasteiger partial charge in [-0.3, -0.25) is 9.10 Å². The molecule has 2 aromatic rings. The lowest BCUT2D eigenvalue weighted by molar-refractivity contribution is -0.121. The van der Waals surface area contributed by atoms with Crippen molar-refractivity contribution >= 4 is 32.4 Å². The van der Waals surface area contributed by atoms with Crippen molar-refractivity contribution in [2.45, 2.75) is 17.7 Å². The molecule has 1 aliphatic rings. The summed E-state index contributed by atoms with van der Waals surface area (Å²) >= 11 is 0. The van der Waals surface area contributed by atoms with Crippen LogP contribution in [0.4, 0.5) is 5.69 Å². The van der Waals surface area contributed by atoms with Crippen molar-refractivity contribution in [2.75, 3.05) is 31.1 Å². The third-order valence-electron chi connectivity index (χ3n) is 4.07. The molecule has 2 aromatic carbocycles. The molecule has 1 amide bonds. The van der Waals surface area contributed by atoms with Crippen LogP contribution in [-0.4, -0.2) is 41.1 Å². The number of hydrogen-bond acceptors (Lipinski definition) is 4. The minimum atomic E-state index is -3.54. The van der Waals surface area contributed by atoms with E-state index >= 15 is 0 Å². The van der Waals surface area contributed by atoms with Gasteiger partial charge in [0, 0.05) is 32.0 Å². The lowest BCUT2D eigenvalue weighted by Gasteiger charge is -2.18. The van der Waals surface area contributed by atoms with Crippen LogP contribution in [0.1, 0.15) is 12.8 Å². The Hall–Kier alpha value is -2.12. The van der Waals surface area contributed by atoms with Gasteiger partial charge in [0.05, 0.1) is 17.2 Å². The predicted molar refractivity (Wildman–Crippen MR) is 92.6 cm³/mol. The molecule has 0 atom stereocenters. The lowest BCUT2D eigenvalue weighted by Crippen LogP contribution is -2.31. The Kier molecular flexibility index (Phi) is 4.73. The van der Waals surface area contributed by atoms with Crippen molar-refractivity contribution in [1.29, 1.82) is 0 Å². The number of nitrogens with zero attached hydrogens (tertiary/aromatic N) is 1. The maximum absolute atomic E-state index is 12.8. The first-order chi connectivity index (χ1) is 11.6. The van der Waals surface area contributed by atoms with Crippen molar-refractivity contribution < 1.29 is 17.9 Å². The van der Waals surface area contributed by atoms with Crippen LogP contribution in [0.15, 0.2) is 41.3 Å². The average molecular weight is 348 g/mol. The van der Waals surface area contributed by atoms with Gasteiger partial charge in [0.1, 0.15) is 0 Å². The van der Waals surface area contributed by atoms with Gasteiger partial charge in [0.25, 0.3) is 10.0 Å². The number of sulfonamides is 1. The topological polar surface area (TPSA) is 75.7 Å². The second-order valence-corrected chi connectivity index (χ2v) is 7.49. The fourth-order valence-corrected chi connectivity index (χ4v) is 4.71. The highest BCUT2D eigenvalue weighted by Gasteiger charge is 2.34. The van der Waals surface area contributed by atoms with Gasteiger partial charge in [-0.05, 0) is 23.9 Å². The number of carbonyl (C=O) groups excluding carboxylic acids is 1. The number of anilines is 1. The molecule has 7 heteroatoms. The summed E-state index contributed by atoms with van der Waals surface area (Å²) < 4.78 is 31.8. The number of nitrogens with one attached hydrogen (secondary N) is 1. The summed E-state index contributed by atoms with van der Waals surface area (Å²) in [6.07, 6.45) is 0.741. The van der Waals surface area contributed by atoms with Crippen molar-refractivity contribution in [2.24, 2.45) is 0 Å². The van der Waals surface area contributed by atoms with E-state index < -0.39 is 10.0 Å². The zero-order valence-corrected chi connectivity index (χ0v) is 14.3. The minimum Gasteiger partial charge on any atom is -0.383 e. The summed E-state index contributed by atoms with van der Waals surface area (Å²) in [6, 6.07) is 10.9. The smallest absolute Gasteiger partial charge is 0.265 e. The molecule has 0 saturated carbocycles. The number of rotatable bonds is 7. The molecule has 1 aliphatic heterocycles. The van der Waals surface area contributed by atoms with E-state index in [2.05, 4.69) is 5.32 Å². The minimum absolute atomic E-state index is 0.0978. The quantitative estimate of drug-likeness (QED) is 0.776. The first kappa shape index (κ1) is 16.7. The second kappa shape index (κ2) is 6.78. The molecule has 0 radical (unpaired) electrons. The first-order valence-corrected chi connectivity index (χ1v) is 9.30. The van der Waals surface area contributed by atoms with E-state index in [0.29, 0.717) is 30.2 Å². The molecule has 0 aliphatic carbocycles. The summed E-state index contributed by atoms with van der Waals surface area (Å²) in [5.41, 5.74) is 0.697. The van der Waals surface area contributed by atoms with Gasteiger partial charge in [-0.2, -0.15) is 0 Å². The van der Waals surface area contributed by atoms with Crippen LogP contribution < -0.4 is 9.62 Å². The van der Waals surface area contributed by atoms with E-state index in [1.165, 1.54) is 4.31 Å². The molecule has 1 heterocycles. The SMILES string of the molecule is COCCNC(=O)CCCN1c2cccc3cccc(c23)S1(=O)=O. The van der Waals surface area contributed by atoms with Gasteiger partial charge in [0.2, 0.25) is 5.91 Å². The summed E-state index contributed by atoms with van der Waals surface area (Å²) in [5, 5.41) is 4.41. The second-order valence-electron chi connectivity index (χ2n) is 5.65. The number of amides is 1. The van der Waals surface area contributed by atoms with E-state index in [-0.39, 0.29) is 18.9 Å². The number of benzene rings is 2. The number of ether oxygens (including phenoxy) is 1. The van der Waals surface area contributed by atoms with Gasteiger partial charge in [-0.25, -0.2) is 8.42 Å². The maximum Gasteiger partial charge on any atom is 0.265 e.